The molecule has 2 heterocycles. The number of hydrogen-bond donors (Lipinski definition) is 0. The molecule has 0 N–H and O–H groups in total. The van der Waals surface area contributed by atoms with E-state index in [2.05, 4.69) is 9.97 Å². The second-order valence-corrected chi connectivity index (χ2v) is 4.16. The van der Waals surface area contributed by atoms with Crippen molar-refractivity contribution >= 4 is 23.1 Å². The van der Waals surface area contributed by atoms with Crippen LogP contribution in [0.25, 0.3) is 11.0 Å². The molecule has 5 heteroatoms. The van der Waals surface area contributed by atoms with Gasteiger partial charge in [-0.2, -0.15) is 0 Å². The van der Waals surface area contributed by atoms with E-state index in [0.717, 1.165) is 23.1 Å². The lowest BCUT2D eigenvalue weighted by atomic mass is 10.3. The molecule has 0 saturated heterocycles. The zero-order valence-electron chi connectivity index (χ0n) is 11.2. The average molecular weight is 246 g/mol. The van der Waals surface area contributed by atoms with E-state index in [1.807, 2.05) is 37.2 Å². The van der Waals surface area contributed by atoms with Gasteiger partial charge in [-0.05, 0) is 18.2 Å². The maximum Gasteiger partial charge on any atom is 0.209 e. The molecule has 96 valence electrons. The predicted molar refractivity (Wildman–Crippen MR) is 73.6 cm³/mol. The van der Waals surface area contributed by atoms with Crippen molar-refractivity contribution in [1.82, 2.24) is 14.9 Å². The number of rotatable bonds is 2. The molecule has 18 heavy (non-hydrogen) atoms. The maximum absolute atomic E-state index is 9.43. The van der Waals surface area contributed by atoms with Gasteiger partial charge in [0.1, 0.15) is 5.52 Å². The first-order valence-corrected chi connectivity index (χ1v) is 5.55. The minimum Gasteiger partial charge on any atom is -0.376 e. The van der Waals surface area contributed by atoms with E-state index in [9.17, 15) is 4.79 Å². The number of hydrogen-bond acceptors (Lipinski definition) is 4. The first-order chi connectivity index (χ1) is 8.56. The molecule has 2 aromatic heterocycles. The van der Waals surface area contributed by atoms with Crippen molar-refractivity contribution in [3.05, 3.63) is 30.6 Å². The maximum atomic E-state index is 9.43. The van der Waals surface area contributed by atoms with E-state index in [1.54, 1.807) is 26.5 Å². The Bertz CT molecular complexity index is 506. The molecule has 5 nitrogen and oxygen atoms in total. The lowest BCUT2D eigenvalue weighted by Gasteiger charge is -2.13. The summed E-state index contributed by atoms with van der Waals surface area (Å²) in [5.74, 6) is 0. The monoisotopic (exact) mass is 246 g/mol. The molecular formula is C13H18N4O. The van der Waals surface area contributed by atoms with E-state index < -0.39 is 0 Å². The van der Waals surface area contributed by atoms with Crippen molar-refractivity contribution in [1.29, 1.82) is 0 Å². The van der Waals surface area contributed by atoms with Crippen LogP contribution in [-0.4, -0.2) is 49.5 Å². The largest absolute Gasteiger partial charge is 0.376 e. The van der Waals surface area contributed by atoms with Crippen LogP contribution in [0, 0.1) is 0 Å². The molecule has 0 bridgehead atoms. The summed E-state index contributed by atoms with van der Waals surface area (Å²) in [4.78, 5) is 21.4. The summed E-state index contributed by atoms with van der Waals surface area (Å²) in [6.07, 6.45) is 4.34. The molecule has 1 amide bonds. The topological polar surface area (TPSA) is 49.3 Å². The summed E-state index contributed by atoms with van der Waals surface area (Å²) < 4.78 is 0. The van der Waals surface area contributed by atoms with Crippen LogP contribution < -0.4 is 4.90 Å². The van der Waals surface area contributed by atoms with E-state index >= 15 is 0 Å². The highest BCUT2D eigenvalue weighted by Gasteiger charge is 2.02. The third-order valence-corrected chi connectivity index (χ3v) is 2.17. The Kier molecular flexibility index (Phi) is 5.05. The van der Waals surface area contributed by atoms with Gasteiger partial charge in [0.25, 0.3) is 0 Å². The molecule has 0 saturated carbocycles. The number of carbonyl (C=O) groups excluding carboxylic acids is 1. The second-order valence-electron chi connectivity index (χ2n) is 4.16. The zero-order valence-corrected chi connectivity index (χ0v) is 11.2. The molecule has 0 atom stereocenters. The predicted octanol–water partition coefficient (Wildman–Crippen LogP) is 1.40. The normalized spacial score (nSPS) is 9.33. The van der Waals surface area contributed by atoms with Crippen molar-refractivity contribution in [2.75, 3.05) is 33.1 Å². The summed E-state index contributed by atoms with van der Waals surface area (Å²) in [6, 6.07) is 5.83. The highest BCUT2D eigenvalue weighted by Crippen LogP contribution is 2.20. The Morgan fingerprint density at radius 1 is 1.06 bits per heavy atom. The van der Waals surface area contributed by atoms with Crippen molar-refractivity contribution in [3.63, 3.8) is 0 Å². The standard InChI is InChI=1S/C10H11N3.C3H7NO/c1-13(2)9-5-7-11-8-4-3-6-12-10(8)9;1-4(2)3-5/h3-7H,1-2H3;3H,1-2H3. The molecule has 0 unspecified atom stereocenters. The molecule has 0 radical (unpaired) electrons. The van der Waals surface area contributed by atoms with Crippen LogP contribution in [0.1, 0.15) is 0 Å². The van der Waals surface area contributed by atoms with Crippen LogP contribution in [0.15, 0.2) is 30.6 Å². The summed E-state index contributed by atoms with van der Waals surface area (Å²) in [7, 11) is 7.38. The Morgan fingerprint density at radius 3 is 2.28 bits per heavy atom. The summed E-state index contributed by atoms with van der Waals surface area (Å²) >= 11 is 0. The summed E-state index contributed by atoms with van der Waals surface area (Å²) in [5, 5.41) is 0. The van der Waals surface area contributed by atoms with Crippen molar-refractivity contribution < 1.29 is 4.79 Å². The number of amides is 1. The first-order valence-electron chi connectivity index (χ1n) is 5.55. The van der Waals surface area contributed by atoms with Gasteiger partial charge in [-0.1, -0.05) is 0 Å². The van der Waals surface area contributed by atoms with Gasteiger partial charge in [0.15, 0.2) is 0 Å². The third kappa shape index (κ3) is 3.69. The number of fused-ring (bicyclic) bond motifs is 1. The SMILES string of the molecule is CN(C)C=O.CN(C)c1ccnc2cccnc12. The number of nitrogens with zero attached hydrogens (tertiary/aromatic N) is 4. The summed E-state index contributed by atoms with van der Waals surface area (Å²) in [6.45, 7) is 0. The minimum atomic E-state index is 0.750. The van der Waals surface area contributed by atoms with Crippen molar-refractivity contribution in [2.45, 2.75) is 0 Å². The van der Waals surface area contributed by atoms with Gasteiger partial charge in [0.05, 0.1) is 11.2 Å². The first kappa shape index (κ1) is 13.9. The van der Waals surface area contributed by atoms with E-state index in [4.69, 9.17) is 0 Å². The van der Waals surface area contributed by atoms with Crippen LogP contribution in [-0.2, 0) is 4.79 Å². The lowest BCUT2D eigenvalue weighted by molar-refractivity contribution is -0.115. The zero-order chi connectivity index (χ0) is 13.5. The van der Waals surface area contributed by atoms with E-state index in [-0.39, 0.29) is 0 Å². The minimum absolute atomic E-state index is 0.750. The lowest BCUT2D eigenvalue weighted by Crippen LogP contribution is -2.09. The molecule has 2 rings (SSSR count). The quantitative estimate of drug-likeness (QED) is 0.752. The highest BCUT2D eigenvalue weighted by molar-refractivity contribution is 5.87. The van der Waals surface area contributed by atoms with Crippen LogP contribution >= 0.6 is 0 Å². The number of pyridine rings is 2. The van der Waals surface area contributed by atoms with Crippen LogP contribution in [0.3, 0.4) is 0 Å². The van der Waals surface area contributed by atoms with Gasteiger partial charge >= 0.3 is 0 Å². The van der Waals surface area contributed by atoms with Gasteiger partial charge in [-0.15, -0.1) is 0 Å². The molecule has 0 aromatic carbocycles. The highest BCUT2D eigenvalue weighted by atomic mass is 16.1. The van der Waals surface area contributed by atoms with E-state index in [0.29, 0.717) is 0 Å². The molecule has 0 spiro atoms. The fourth-order valence-corrected chi connectivity index (χ4v) is 1.33. The van der Waals surface area contributed by atoms with Crippen molar-refractivity contribution in [3.8, 4) is 0 Å². The average Bonchev–Trinajstić information content (AvgIpc) is 2.38. The molecule has 0 fully saturated rings. The van der Waals surface area contributed by atoms with Crippen LogP contribution in [0.4, 0.5) is 5.69 Å². The molecular weight excluding hydrogens is 228 g/mol. The van der Waals surface area contributed by atoms with Gasteiger partial charge < -0.3 is 9.80 Å². The van der Waals surface area contributed by atoms with Crippen molar-refractivity contribution in [2.24, 2.45) is 0 Å². The molecule has 0 aliphatic heterocycles. The van der Waals surface area contributed by atoms with Gasteiger partial charge in [0, 0.05) is 40.6 Å². The fourth-order valence-electron chi connectivity index (χ4n) is 1.33. The molecule has 0 aliphatic rings. The third-order valence-electron chi connectivity index (χ3n) is 2.17. The number of aromatic nitrogens is 2. The Hall–Kier alpha value is -2.17. The van der Waals surface area contributed by atoms with Gasteiger partial charge in [0.2, 0.25) is 6.41 Å². The molecule has 2 aromatic rings. The smallest absolute Gasteiger partial charge is 0.209 e. The number of carbonyl (C=O) groups is 1. The second kappa shape index (κ2) is 6.54. The fraction of sp³-hybridized carbons (Fsp3) is 0.308. The molecule has 0 aliphatic carbocycles. The number of anilines is 1. The van der Waals surface area contributed by atoms with Crippen LogP contribution in [0.2, 0.25) is 0 Å². The van der Waals surface area contributed by atoms with Gasteiger partial charge in [-0.3, -0.25) is 14.8 Å². The Morgan fingerprint density at radius 2 is 1.72 bits per heavy atom. The Labute approximate surface area is 107 Å². The summed E-state index contributed by atoms with van der Waals surface area (Å²) in [5.41, 5.74) is 2.99. The van der Waals surface area contributed by atoms with Gasteiger partial charge in [-0.25, -0.2) is 0 Å². The van der Waals surface area contributed by atoms with E-state index in [1.165, 1.54) is 4.90 Å². The van der Waals surface area contributed by atoms with Crippen LogP contribution in [0.5, 0.6) is 0 Å². The Balaban J connectivity index is 0.000000280.